The molecule has 0 radical (unpaired) electrons. The molecule has 0 atom stereocenters. The van der Waals surface area contributed by atoms with E-state index in [9.17, 15) is 18.4 Å². The number of aromatic nitrogens is 1. The summed E-state index contributed by atoms with van der Waals surface area (Å²) in [6.45, 7) is 6.45. The van der Waals surface area contributed by atoms with Gasteiger partial charge in [0.2, 0.25) is 5.91 Å². The molecule has 1 aromatic carbocycles. The van der Waals surface area contributed by atoms with Crippen molar-refractivity contribution in [2.45, 2.75) is 39.0 Å². The van der Waals surface area contributed by atoms with Crippen LogP contribution in [0.2, 0.25) is 0 Å². The number of hydrogen-bond acceptors (Lipinski definition) is 5. The third kappa shape index (κ3) is 8.28. The van der Waals surface area contributed by atoms with E-state index in [0.29, 0.717) is 56.9 Å². The van der Waals surface area contributed by atoms with E-state index in [1.165, 1.54) is 6.07 Å². The van der Waals surface area contributed by atoms with Crippen LogP contribution < -0.4 is 10.2 Å². The maximum atomic E-state index is 13.3. The molecule has 3 rings (SSSR count). The molecule has 1 saturated heterocycles. The highest BCUT2D eigenvalue weighted by molar-refractivity contribution is 5.94. The summed E-state index contributed by atoms with van der Waals surface area (Å²) in [6, 6.07) is 7.31. The standard InChI is InChI=1S/C26H34F2N4O3/c1-2-3-16-35-17-4-11-29-26(34)21-7-9-24(30-19-21)31-12-14-32(15-13-31)25(33)10-6-20-5-8-22(27)23(28)18-20/h5,7-9,18-19H,2-4,6,10-17H2,1H3,(H,29,34). The fraction of sp³-hybridized carbons (Fsp3) is 0.500. The normalized spacial score (nSPS) is 13.7. The molecule has 2 amide bonds. The predicted molar refractivity (Wildman–Crippen MR) is 130 cm³/mol. The van der Waals surface area contributed by atoms with Gasteiger partial charge in [-0.2, -0.15) is 0 Å². The van der Waals surface area contributed by atoms with Crippen LogP contribution in [0.15, 0.2) is 36.5 Å². The number of carbonyl (C=O) groups excluding carboxylic acids is 2. The lowest BCUT2D eigenvalue weighted by Gasteiger charge is -2.35. The van der Waals surface area contributed by atoms with Gasteiger partial charge in [0.15, 0.2) is 11.6 Å². The van der Waals surface area contributed by atoms with Crippen molar-refractivity contribution in [3.05, 3.63) is 59.3 Å². The molecule has 1 fully saturated rings. The summed E-state index contributed by atoms with van der Waals surface area (Å²) in [5.41, 5.74) is 1.11. The Morgan fingerprint density at radius 3 is 2.49 bits per heavy atom. The second-order valence-electron chi connectivity index (χ2n) is 8.60. The van der Waals surface area contributed by atoms with Gasteiger partial charge in [0.25, 0.3) is 5.91 Å². The van der Waals surface area contributed by atoms with Crippen molar-refractivity contribution < 1.29 is 23.1 Å². The number of hydrogen-bond donors (Lipinski definition) is 1. The van der Waals surface area contributed by atoms with Crippen molar-refractivity contribution in [3.8, 4) is 0 Å². The van der Waals surface area contributed by atoms with Gasteiger partial charge in [-0.15, -0.1) is 0 Å². The van der Waals surface area contributed by atoms with Crippen LogP contribution in [0.5, 0.6) is 0 Å². The van der Waals surface area contributed by atoms with E-state index < -0.39 is 11.6 Å². The number of rotatable bonds is 12. The number of pyridine rings is 1. The minimum Gasteiger partial charge on any atom is -0.381 e. The lowest BCUT2D eigenvalue weighted by atomic mass is 10.1. The summed E-state index contributed by atoms with van der Waals surface area (Å²) in [6.07, 6.45) is 5.11. The summed E-state index contributed by atoms with van der Waals surface area (Å²) in [5, 5.41) is 2.88. The number of nitrogens with one attached hydrogen (secondary N) is 1. The zero-order chi connectivity index (χ0) is 25.0. The van der Waals surface area contributed by atoms with Crippen molar-refractivity contribution in [1.82, 2.24) is 15.2 Å². The smallest absolute Gasteiger partial charge is 0.252 e. The Balaban J connectivity index is 1.37. The average Bonchev–Trinajstić information content (AvgIpc) is 2.88. The topological polar surface area (TPSA) is 74.8 Å². The van der Waals surface area contributed by atoms with E-state index in [4.69, 9.17) is 4.74 Å². The van der Waals surface area contributed by atoms with Gasteiger partial charge in [-0.1, -0.05) is 19.4 Å². The van der Waals surface area contributed by atoms with Gasteiger partial charge in [0, 0.05) is 58.6 Å². The van der Waals surface area contributed by atoms with Crippen LogP contribution >= 0.6 is 0 Å². The number of ether oxygens (including phenoxy) is 1. The second kappa shape index (κ2) is 13.7. The highest BCUT2D eigenvalue weighted by Gasteiger charge is 2.22. The van der Waals surface area contributed by atoms with Gasteiger partial charge in [-0.25, -0.2) is 13.8 Å². The molecule has 0 bridgehead atoms. The molecule has 0 saturated carbocycles. The van der Waals surface area contributed by atoms with Gasteiger partial charge < -0.3 is 19.9 Å². The Bertz CT molecular complexity index is 964. The molecule has 35 heavy (non-hydrogen) atoms. The molecule has 0 aliphatic carbocycles. The zero-order valence-corrected chi connectivity index (χ0v) is 20.3. The lowest BCUT2D eigenvalue weighted by Crippen LogP contribution is -2.49. The maximum absolute atomic E-state index is 13.3. The van der Waals surface area contributed by atoms with Gasteiger partial charge in [0.05, 0.1) is 5.56 Å². The Labute approximate surface area is 205 Å². The molecule has 1 aromatic heterocycles. The number of aryl methyl sites for hydroxylation is 1. The van der Waals surface area contributed by atoms with Crippen molar-refractivity contribution in [2.75, 3.05) is 50.8 Å². The fourth-order valence-corrected chi connectivity index (χ4v) is 3.82. The first-order valence-corrected chi connectivity index (χ1v) is 12.3. The molecule has 0 spiro atoms. The SMILES string of the molecule is CCCCOCCCNC(=O)c1ccc(N2CCN(C(=O)CCc3ccc(F)c(F)c3)CC2)nc1. The number of anilines is 1. The largest absolute Gasteiger partial charge is 0.381 e. The van der Waals surface area contributed by atoms with E-state index in [1.54, 1.807) is 17.2 Å². The van der Waals surface area contributed by atoms with Gasteiger partial charge >= 0.3 is 0 Å². The van der Waals surface area contributed by atoms with Crippen LogP contribution in [0.1, 0.15) is 48.5 Å². The monoisotopic (exact) mass is 488 g/mol. The van der Waals surface area contributed by atoms with Crippen LogP contribution in [0.25, 0.3) is 0 Å². The number of piperazine rings is 1. The molecule has 0 unspecified atom stereocenters. The summed E-state index contributed by atoms with van der Waals surface area (Å²) in [7, 11) is 0. The molecular formula is C26H34F2N4O3. The number of halogens is 2. The van der Waals surface area contributed by atoms with Gasteiger partial charge in [0.1, 0.15) is 5.82 Å². The Morgan fingerprint density at radius 2 is 1.80 bits per heavy atom. The molecule has 7 nitrogen and oxygen atoms in total. The summed E-state index contributed by atoms with van der Waals surface area (Å²) >= 11 is 0. The fourth-order valence-electron chi connectivity index (χ4n) is 3.82. The number of carbonyl (C=O) groups is 2. The van der Waals surface area contributed by atoms with Crippen molar-refractivity contribution >= 4 is 17.6 Å². The molecule has 9 heteroatoms. The van der Waals surface area contributed by atoms with E-state index in [0.717, 1.165) is 43.8 Å². The van der Waals surface area contributed by atoms with Gasteiger partial charge in [-0.3, -0.25) is 9.59 Å². The molecule has 1 aliphatic heterocycles. The van der Waals surface area contributed by atoms with Crippen LogP contribution in [-0.2, 0) is 16.0 Å². The van der Waals surface area contributed by atoms with E-state index >= 15 is 0 Å². The minimum atomic E-state index is -0.896. The highest BCUT2D eigenvalue weighted by atomic mass is 19.2. The Hall–Kier alpha value is -3.07. The maximum Gasteiger partial charge on any atom is 0.252 e. The Kier molecular flexibility index (Phi) is 10.4. The lowest BCUT2D eigenvalue weighted by molar-refractivity contribution is -0.131. The van der Waals surface area contributed by atoms with Crippen molar-refractivity contribution in [1.29, 1.82) is 0 Å². The first-order chi connectivity index (χ1) is 17.0. The third-order valence-electron chi connectivity index (χ3n) is 5.97. The van der Waals surface area contributed by atoms with E-state index in [2.05, 4.69) is 22.1 Å². The van der Waals surface area contributed by atoms with E-state index in [-0.39, 0.29) is 18.2 Å². The minimum absolute atomic E-state index is 0.00914. The Morgan fingerprint density at radius 1 is 1.03 bits per heavy atom. The number of unbranched alkanes of at least 4 members (excludes halogenated alkanes) is 1. The molecule has 2 heterocycles. The van der Waals surface area contributed by atoms with Crippen LogP contribution in [0.3, 0.4) is 0 Å². The van der Waals surface area contributed by atoms with E-state index in [1.807, 2.05) is 6.07 Å². The first kappa shape index (κ1) is 26.5. The van der Waals surface area contributed by atoms with Crippen LogP contribution in [0, 0.1) is 11.6 Å². The molecule has 1 N–H and O–H groups in total. The highest BCUT2D eigenvalue weighted by Crippen LogP contribution is 2.16. The number of benzene rings is 1. The average molecular weight is 489 g/mol. The van der Waals surface area contributed by atoms with Crippen LogP contribution in [0.4, 0.5) is 14.6 Å². The third-order valence-corrected chi connectivity index (χ3v) is 5.97. The first-order valence-electron chi connectivity index (χ1n) is 12.3. The summed E-state index contributed by atoms with van der Waals surface area (Å²) in [5.74, 6) is -1.19. The summed E-state index contributed by atoms with van der Waals surface area (Å²) < 4.78 is 31.9. The summed E-state index contributed by atoms with van der Waals surface area (Å²) in [4.78, 5) is 33.1. The predicted octanol–water partition coefficient (Wildman–Crippen LogP) is 3.58. The molecular weight excluding hydrogens is 454 g/mol. The molecule has 2 aromatic rings. The second-order valence-corrected chi connectivity index (χ2v) is 8.60. The number of amides is 2. The quantitative estimate of drug-likeness (QED) is 0.463. The van der Waals surface area contributed by atoms with Crippen molar-refractivity contribution in [2.24, 2.45) is 0 Å². The number of nitrogens with zero attached hydrogens (tertiary/aromatic N) is 3. The molecule has 1 aliphatic rings. The van der Waals surface area contributed by atoms with Crippen molar-refractivity contribution in [3.63, 3.8) is 0 Å². The van der Waals surface area contributed by atoms with Crippen LogP contribution in [-0.4, -0.2) is 67.6 Å². The van der Waals surface area contributed by atoms with Gasteiger partial charge in [-0.05, 0) is 49.1 Å². The zero-order valence-electron chi connectivity index (χ0n) is 20.3. The molecule has 190 valence electrons.